The van der Waals surface area contributed by atoms with Gasteiger partial charge in [0.2, 0.25) is 0 Å². The van der Waals surface area contributed by atoms with Gasteiger partial charge in [-0.25, -0.2) is 14.4 Å². The van der Waals surface area contributed by atoms with Gasteiger partial charge in [-0.3, -0.25) is 0 Å². The molecule has 0 atom stereocenters. The zero-order valence-electron chi connectivity index (χ0n) is 8.89. The monoisotopic (exact) mass is 196 g/mol. The zero-order chi connectivity index (χ0) is 10.4. The SMILES string of the molecule is CCCCCc1ncc(F)c(CC)n1. The summed E-state index contributed by atoms with van der Waals surface area (Å²) in [6.07, 6.45) is 6.23. The molecule has 1 rings (SSSR count). The Labute approximate surface area is 84.6 Å². The van der Waals surface area contributed by atoms with Crippen molar-refractivity contribution in [2.45, 2.75) is 46.0 Å². The standard InChI is InChI=1S/C11H17FN2/c1-3-5-6-7-11-13-8-9(12)10(4-2)14-11/h8H,3-7H2,1-2H3. The molecule has 3 heteroatoms. The largest absolute Gasteiger partial charge is 0.238 e. The van der Waals surface area contributed by atoms with Crippen molar-refractivity contribution in [2.75, 3.05) is 0 Å². The molecule has 0 saturated heterocycles. The topological polar surface area (TPSA) is 25.8 Å². The molecule has 1 aromatic rings. The predicted molar refractivity (Wildman–Crippen MR) is 54.6 cm³/mol. The van der Waals surface area contributed by atoms with E-state index in [0.717, 1.165) is 18.7 Å². The first kappa shape index (κ1) is 11.1. The van der Waals surface area contributed by atoms with Crippen molar-refractivity contribution in [3.8, 4) is 0 Å². The molecule has 0 bridgehead atoms. The van der Waals surface area contributed by atoms with Gasteiger partial charge in [0.25, 0.3) is 0 Å². The Bertz CT molecular complexity index is 287. The first-order valence-corrected chi connectivity index (χ1v) is 5.28. The molecule has 0 N–H and O–H groups in total. The van der Waals surface area contributed by atoms with Gasteiger partial charge < -0.3 is 0 Å². The highest BCUT2D eigenvalue weighted by Crippen LogP contribution is 2.06. The Morgan fingerprint density at radius 1 is 1.29 bits per heavy atom. The summed E-state index contributed by atoms with van der Waals surface area (Å²) in [5.74, 6) is 0.489. The molecule has 1 aromatic heterocycles. The smallest absolute Gasteiger partial charge is 0.162 e. The van der Waals surface area contributed by atoms with E-state index in [2.05, 4.69) is 16.9 Å². The summed E-state index contributed by atoms with van der Waals surface area (Å²) >= 11 is 0. The second-order valence-corrected chi connectivity index (χ2v) is 3.39. The Hall–Kier alpha value is -0.990. The lowest BCUT2D eigenvalue weighted by Crippen LogP contribution is -2.01. The van der Waals surface area contributed by atoms with Crippen molar-refractivity contribution < 1.29 is 4.39 Å². The van der Waals surface area contributed by atoms with Crippen LogP contribution in [0.1, 0.15) is 44.6 Å². The second-order valence-electron chi connectivity index (χ2n) is 3.39. The van der Waals surface area contributed by atoms with Crippen LogP contribution < -0.4 is 0 Å². The third-order valence-corrected chi connectivity index (χ3v) is 2.21. The number of nitrogens with zero attached hydrogens (tertiary/aromatic N) is 2. The number of rotatable bonds is 5. The first-order valence-electron chi connectivity index (χ1n) is 5.28. The summed E-state index contributed by atoms with van der Waals surface area (Å²) in [4.78, 5) is 8.15. The van der Waals surface area contributed by atoms with Gasteiger partial charge in [0.05, 0.1) is 11.9 Å². The van der Waals surface area contributed by atoms with Gasteiger partial charge in [0.15, 0.2) is 5.82 Å². The number of aromatic nitrogens is 2. The number of hydrogen-bond acceptors (Lipinski definition) is 2. The Morgan fingerprint density at radius 3 is 2.71 bits per heavy atom. The van der Waals surface area contributed by atoms with Crippen LogP contribution in [0.5, 0.6) is 0 Å². The maximum Gasteiger partial charge on any atom is 0.162 e. The van der Waals surface area contributed by atoms with E-state index in [1.165, 1.54) is 19.0 Å². The van der Waals surface area contributed by atoms with Crippen LogP contribution in [0.3, 0.4) is 0 Å². The van der Waals surface area contributed by atoms with Crippen LogP contribution in [0.4, 0.5) is 4.39 Å². The lowest BCUT2D eigenvalue weighted by atomic mass is 10.2. The summed E-state index contributed by atoms with van der Waals surface area (Å²) < 4.78 is 13.0. The predicted octanol–water partition coefficient (Wildman–Crippen LogP) is 2.91. The van der Waals surface area contributed by atoms with Crippen LogP contribution in [0.25, 0.3) is 0 Å². The average Bonchev–Trinajstić information content (AvgIpc) is 2.21. The molecule has 0 amide bonds. The molecular formula is C11H17FN2. The molecule has 2 nitrogen and oxygen atoms in total. The quantitative estimate of drug-likeness (QED) is 0.677. The first-order chi connectivity index (χ1) is 6.77. The minimum Gasteiger partial charge on any atom is -0.238 e. The molecule has 1 heterocycles. The molecule has 0 unspecified atom stereocenters. The Morgan fingerprint density at radius 2 is 2.07 bits per heavy atom. The molecule has 78 valence electrons. The normalized spacial score (nSPS) is 10.5. The van der Waals surface area contributed by atoms with Crippen molar-refractivity contribution >= 4 is 0 Å². The van der Waals surface area contributed by atoms with Crippen LogP contribution in [-0.4, -0.2) is 9.97 Å². The highest BCUT2D eigenvalue weighted by molar-refractivity contribution is 5.05. The molecule has 0 spiro atoms. The van der Waals surface area contributed by atoms with E-state index in [9.17, 15) is 4.39 Å². The van der Waals surface area contributed by atoms with Crippen LogP contribution >= 0.6 is 0 Å². The van der Waals surface area contributed by atoms with E-state index in [4.69, 9.17) is 0 Å². The van der Waals surface area contributed by atoms with Gasteiger partial charge in [0.1, 0.15) is 5.82 Å². The van der Waals surface area contributed by atoms with Crippen LogP contribution in [0.2, 0.25) is 0 Å². The molecule has 14 heavy (non-hydrogen) atoms. The van der Waals surface area contributed by atoms with Gasteiger partial charge in [-0.1, -0.05) is 26.7 Å². The average molecular weight is 196 g/mol. The van der Waals surface area contributed by atoms with Gasteiger partial charge in [-0.2, -0.15) is 0 Å². The van der Waals surface area contributed by atoms with Crippen LogP contribution in [-0.2, 0) is 12.8 Å². The third kappa shape index (κ3) is 3.05. The van der Waals surface area contributed by atoms with E-state index in [0.29, 0.717) is 12.1 Å². The van der Waals surface area contributed by atoms with Crippen LogP contribution in [0.15, 0.2) is 6.20 Å². The maximum absolute atomic E-state index is 13.0. The Kier molecular flexibility index (Phi) is 4.50. The zero-order valence-corrected chi connectivity index (χ0v) is 8.89. The number of hydrogen-bond donors (Lipinski definition) is 0. The van der Waals surface area contributed by atoms with Gasteiger partial charge >= 0.3 is 0 Å². The van der Waals surface area contributed by atoms with E-state index in [1.807, 2.05) is 6.92 Å². The lowest BCUT2D eigenvalue weighted by molar-refractivity contribution is 0.583. The van der Waals surface area contributed by atoms with E-state index < -0.39 is 0 Å². The van der Waals surface area contributed by atoms with E-state index in [-0.39, 0.29) is 5.82 Å². The molecule has 0 fully saturated rings. The molecule has 0 aromatic carbocycles. The van der Waals surface area contributed by atoms with Gasteiger partial charge in [-0.15, -0.1) is 0 Å². The number of unbranched alkanes of at least 4 members (excludes halogenated alkanes) is 2. The van der Waals surface area contributed by atoms with E-state index in [1.54, 1.807) is 0 Å². The Balaban J connectivity index is 2.60. The lowest BCUT2D eigenvalue weighted by Gasteiger charge is -2.02. The van der Waals surface area contributed by atoms with Gasteiger partial charge in [-0.05, 0) is 12.8 Å². The number of halogens is 1. The minimum absolute atomic E-state index is 0.285. The fourth-order valence-corrected chi connectivity index (χ4v) is 1.35. The third-order valence-electron chi connectivity index (χ3n) is 2.21. The summed E-state index contributed by atoms with van der Waals surface area (Å²) in [5.41, 5.74) is 0.534. The summed E-state index contributed by atoms with van der Waals surface area (Å²) in [6, 6.07) is 0. The second kappa shape index (κ2) is 5.68. The minimum atomic E-state index is -0.285. The van der Waals surface area contributed by atoms with Crippen molar-refractivity contribution in [3.63, 3.8) is 0 Å². The molecule has 0 aliphatic heterocycles. The van der Waals surface area contributed by atoms with Crippen molar-refractivity contribution in [3.05, 3.63) is 23.5 Å². The maximum atomic E-state index is 13.0. The molecule has 0 radical (unpaired) electrons. The molecule has 0 saturated carbocycles. The van der Waals surface area contributed by atoms with Crippen molar-refractivity contribution in [1.82, 2.24) is 9.97 Å². The summed E-state index contributed by atoms with van der Waals surface area (Å²) in [5, 5.41) is 0. The highest BCUT2D eigenvalue weighted by Gasteiger charge is 2.04. The molecule has 0 aliphatic rings. The van der Waals surface area contributed by atoms with Crippen molar-refractivity contribution in [1.29, 1.82) is 0 Å². The molecule has 0 aliphatic carbocycles. The van der Waals surface area contributed by atoms with Crippen molar-refractivity contribution in [2.24, 2.45) is 0 Å². The fourth-order valence-electron chi connectivity index (χ4n) is 1.35. The van der Waals surface area contributed by atoms with Crippen LogP contribution in [0, 0.1) is 5.82 Å². The van der Waals surface area contributed by atoms with E-state index >= 15 is 0 Å². The van der Waals surface area contributed by atoms with Gasteiger partial charge in [0, 0.05) is 6.42 Å². The fraction of sp³-hybridized carbons (Fsp3) is 0.636. The summed E-state index contributed by atoms with van der Waals surface area (Å²) in [6.45, 7) is 4.06. The molecular weight excluding hydrogens is 179 g/mol. The summed E-state index contributed by atoms with van der Waals surface area (Å²) in [7, 11) is 0. The number of aryl methyl sites for hydroxylation is 2. The highest BCUT2D eigenvalue weighted by atomic mass is 19.1.